The molecule has 1 nitrogen and oxygen atoms in total. The normalized spacial score (nSPS) is 10.6. The number of carbonyl (C=O) groups excluding carboxylic acids is 1. The molecule has 2 rings (SSSR count). The maximum atomic E-state index is 12.5. The van der Waals surface area contributed by atoms with Crippen molar-refractivity contribution in [3.8, 4) is 0 Å². The molecule has 0 aliphatic carbocycles. The molecular formula is C17H19LiOP+. The van der Waals surface area contributed by atoms with E-state index in [2.05, 4.69) is 32.0 Å². The van der Waals surface area contributed by atoms with Gasteiger partial charge in [-0.05, 0) is 58.3 Å². The minimum Gasteiger partial charge on any atom is -0.289 e. The van der Waals surface area contributed by atoms with E-state index in [1.165, 1.54) is 11.1 Å². The fraction of sp³-hybridized carbons (Fsp3) is 0.235. The minimum absolute atomic E-state index is 0. The van der Waals surface area contributed by atoms with Gasteiger partial charge in [0, 0.05) is 5.56 Å². The molecule has 1 atom stereocenters. The third-order valence-electron chi connectivity index (χ3n) is 3.34. The van der Waals surface area contributed by atoms with Crippen molar-refractivity contribution in [1.82, 2.24) is 0 Å². The first-order valence-electron chi connectivity index (χ1n) is 6.44. The molecule has 2 aromatic carbocycles. The minimum atomic E-state index is 0. The molecular weight excluding hydrogens is 258 g/mol. The van der Waals surface area contributed by atoms with E-state index < -0.39 is 0 Å². The Morgan fingerprint density at radius 3 is 2.05 bits per heavy atom. The van der Waals surface area contributed by atoms with E-state index in [4.69, 9.17) is 0 Å². The molecule has 1 unspecified atom stereocenters. The Balaban J connectivity index is 0.00000200. The quantitative estimate of drug-likeness (QED) is 0.606. The third kappa shape index (κ3) is 3.83. The van der Waals surface area contributed by atoms with Crippen LogP contribution in [0.3, 0.4) is 0 Å². The standard InChI is InChI=1S/C17H19OP.Li/c1-11-8-9-15(14(4)10-11)19-17(18)16-12(2)6-5-7-13(16)3;/h5-10,19H,1-4H3;/q;+1. The van der Waals surface area contributed by atoms with Gasteiger partial charge >= 0.3 is 18.9 Å². The van der Waals surface area contributed by atoms with Gasteiger partial charge in [-0.15, -0.1) is 0 Å². The fourth-order valence-corrected chi connectivity index (χ4v) is 3.51. The van der Waals surface area contributed by atoms with E-state index in [0.29, 0.717) is 0 Å². The zero-order valence-electron chi connectivity index (χ0n) is 12.9. The second kappa shape index (κ2) is 7.23. The van der Waals surface area contributed by atoms with Gasteiger partial charge in [-0.25, -0.2) is 0 Å². The van der Waals surface area contributed by atoms with Crippen LogP contribution in [0.15, 0.2) is 36.4 Å². The summed E-state index contributed by atoms with van der Waals surface area (Å²) in [5.41, 5.74) is 5.72. The molecule has 0 radical (unpaired) electrons. The van der Waals surface area contributed by atoms with E-state index in [0.717, 1.165) is 22.0 Å². The second-order valence-corrected chi connectivity index (χ2v) is 6.28. The van der Waals surface area contributed by atoms with Gasteiger partial charge in [0.05, 0.1) is 0 Å². The monoisotopic (exact) mass is 277 g/mol. The van der Waals surface area contributed by atoms with Crippen LogP contribution in [-0.2, 0) is 0 Å². The number of aryl methyl sites for hydroxylation is 4. The van der Waals surface area contributed by atoms with Gasteiger partial charge in [-0.3, -0.25) is 4.79 Å². The van der Waals surface area contributed by atoms with Crippen molar-refractivity contribution >= 4 is 19.4 Å². The molecule has 98 valence electrons. The van der Waals surface area contributed by atoms with Crippen LogP contribution >= 0.6 is 8.58 Å². The van der Waals surface area contributed by atoms with Crippen molar-refractivity contribution < 1.29 is 23.7 Å². The van der Waals surface area contributed by atoms with E-state index in [-0.39, 0.29) is 33.0 Å². The Kier molecular flexibility index (Phi) is 6.22. The molecule has 0 N–H and O–H groups in total. The molecule has 3 heteroatoms. The van der Waals surface area contributed by atoms with Gasteiger partial charge < -0.3 is 0 Å². The molecule has 0 bridgehead atoms. The SMILES string of the molecule is Cc1ccc(PC(=O)c2c(C)cccc2C)c(C)c1.[Li+]. The molecule has 0 amide bonds. The van der Waals surface area contributed by atoms with Gasteiger partial charge in [-0.2, -0.15) is 0 Å². The zero-order chi connectivity index (χ0) is 14.0. The van der Waals surface area contributed by atoms with Crippen molar-refractivity contribution in [2.45, 2.75) is 27.7 Å². The van der Waals surface area contributed by atoms with Crippen LogP contribution in [0.1, 0.15) is 32.6 Å². The number of hydrogen-bond acceptors (Lipinski definition) is 1. The number of hydrogen-bond donors (Lipinski definition) is 0. The molecule has 0 fully saturated rings. The largest absolute Gasteiger partial charge is 1.00 e. The molecule has 0 aliphatic heterocycles. The summed E-state index contributed by atoms with van der Waals surface area (Å²) in [7, 11) is 0.205. The van der Waals surface area contributed by atoms with Crippen molar-refractivity contribution in [2.75, 3.05) is 0 Å². The number of carbonyl (C=O) groups is 1. The predicted molar refractivity (Wildman–Crippen MR) is 84.1 cm³/mol. The van der Waals surface area contributed by atoms with Crippen LogP contribution in [0.4, 0.5) is 0 Å². The Labute approximate surface area is 135 Å². The van der Waals surface area contributed by atoms with Crippen LogP contribution in [0.5, 0.6) is 0 Å². The fourth-order valence-electron chi connectivity index (χ4n) is 2.31. The smallest absolute Gasteiger partial charge is 0.289 e. The number of rotatable bonds is 3. The van der Waals surface area contributed by atoms with Crippen LogP contribution in [-0.4, -0.2) is 5.52 Å². The summed E-state index contributed by atoms with van der Waals surface area (Å²) in [6.45, 7) is 8.17. The summed E-state index contributed by atoms with van der Waals surface area (Å²) in [6, 6.07) is 12.3. The first-order valence-corrected chi connectivity index (χ1v) is 7.44. The molecule has 0 saturated carbocycles. The van der Waals surface area contributed by atoms with E-state index in [9.17, 15) is 4.79 Å². The van der Waals surface area contributed by atoms with Crippen LogP contribution < -0.4 is 24.2 Å². The summed E-state index contributed by atoms with van der Waals surface area (Å²) >= 11 is 0. The Bertz CT molecular complexity index is 615. The summed E-state index contributed by atoms with van der Waals surface area (Å²) in [5, 5.41) is 1.15. The summed E-state index contributed by atoms with van der Waals surface area (Å²) in [5.74, 6) is 0. The third-order valence-corrected chi connectivity index (χ3v) is 4.65. The van der Waals surface area contributed by atoms with E-state index in [1.807, 2.05) is 32.0 Å². The van der Waals surface area contributed by atoms with Gasteiger partial charge in [0.25, 0.3) is 0 Å². The second-order valence-electron chi connectivity index (χ2n) is 5.04. The van der Waals surface area contributed by atoms with Gasteiger partial charge in [-0.1, -0.05) is 42.0 Å². The van der Waals surface area contributed by atoms with Gasteiger partial charge in [0.1, 0.15) is 0 Å². The van der Waals surface area contributed by atoms with Gasteiger partial charge in [0.2, 0.25) is 0 Å². The first-order chi connectivity index (χ1) is 8.99. The molecule has 0 aromatic heterocycles. The maximum Gasteiger partial charge on any atom is 1.00 e. The van der Waals surface area contributed by atoms with Crippen molar-refractivity contribution in [3.05, 3.63) is 64.2 Å². The first kappa shape index (κ1) is 17.2. The molecule has 0 heterocycles. The van der Waals surface area contributed by atoms with E-state index >= 15 is 0 Å². The van der Waals surface area contributed by atoms with Crippen molar-refractivity contribution in [1.29, 1.82) is 0 Å². The maximum absolute atomic E-state index is 12.5. The van der Waals surface area contributed by atoms with Crippen molar-refractivity contribution in [2.24, 2.45) is 0 Å². The predicted octanol–water partition coefficient (Wildman–Crippen LogP) is 1.07. The summed E-state index contributed by atoms with van der Waals surface area (Å²) in [4.78, 5) is 12.5. The van der Waals surface area contributed by atoms with E-state index in [1.54, 1.807) is 0 Å². The van der Waals surface area contributed by atoms with Gasteiger partial charge in [0.15, 0.2) is 5.52 Å². The summed E-state index contributed by atoms with van der Waals surface area (Å²) in [6.07, 6.45) is 0. The average Bonchev–Trinajstić information content (AvgIpc) is 2.32. The Morgan fingerprint density at radius 2 is 1.50 bits per heavy atom. The molecule has 20 heavy (non-hydrogen) atoms. The summed E-state index contributed by atoms with van der Waals surface area (Å²) < 4.78 is 0. The van der Waals surface area contributed by atoms with Crippen molar-refractivity contribution in [3.63, 3.8) is 0 Å². The molecule has 0 aliphatic rings. The number of benzene rings is 2. The molecule has 0 spiro atoms. The van der Waals surface area contributed by atoms with Crippen LogP contribution in [0.2, 0.25) is 0 Å². The average molecular weight is 277 g/mol. The molecule has 2 aromatic rings. The topological polar surface area (TPSA) is 17.1 Å². The Morgan fingerprint density at radius 1 is 0.900 bits per heavy atom. The van der Waals surface area contributed by atoms with Crippen LogP contribution in [0.25, 0.3) is 0 Å². The Hall–Kier alpha value is -0.863. The van der Waals surface area contributed by atoms with Crippen LogP contribution in [0, 0.1) is 27.7 Å². The zero-order valence-corrected chi connectivity index (χ0v) is 13.9. The molecule has 0 saturated heterocycles.